The Morgan fingerprint density at radius 3 is 2.56 bits per heavy atom. The molecule has 0 aliphatic heterocycles. The predicted molar refractivity (Wildman–Crippen MR) is 121 cm³/mol. The molecule has 0 saturated carbocycles. The van der Waals surface area contributed by atoms with Crippen molar-refractivity contribution in [1.29, 1.82) is 0 Å². The summed E-state index contributed by atoms with van der Waals surface area (Å²) in [7, 11) is 0. The molecule has 0 saturated heterocycles. The number of benzene rings is 2. The van der Waals surface area contributed by atoms with Gasteiger partial charge < -0.3 is 10.5 Å². The van der Waals surface area contributed by atoms with Gasteiger partial charge >= 0.3 is 0 Å². The molecule has 32 heavy (non-hydrogen) atoms. The number of halogens is 3. The topological polar surface area (TPSA) is 86.3 Å². The number of nitrogens with two attached hydrogens (primary N) is 1. The molecule has 3 aromatic rings. The SMILES string of the molecule is Cc1c(CCCN)c(OCc2ccc(F)cc2F)c(Br)c(=O)n1NC(=O)c1ccccc1. The minimum Gasteiger partial charge on any atom is -0.487 e. The van der Waals surface area contributed by atoms with Crippen LogP contribution in [0, 0.1) is 18.6 Å². The molecule has 1 heterocycles. The summed E-state index contributed by atoms with van der Waals surface area (Å²) in [6.07, 6.45) is 1.06. The molecule has 1 aromatic heterocycles. The van der Waals surface area contributed by atoms with Crippen molar-refractivity contribution in [2.45, 2.75) is 26.4 Å². The number of nitrogens with one attached hydrogen (secondary N) is 1. The van der Waals surface area contributed by atoms with Gasteiger partial charge in [0, 0.05) is 28.5 Å². The van der Waals surface area contributed by atoms with Gasteiger partial charge in [-0.3, -0.25) is 15.0 Å². The third-order valence-corrected chi connectivity index (χ3v) is 5.60. The third-order valence-electron chi connectivity index (χ3n) is 4.90. The first-order valence-electron chi connectivity index (χ1n) is 9.90. The lowest BCUT2D eigenvalue weighted by Crippen LogP contribution is -2.36. The fourth-order valence-corrected chi connectivity index (χ4v) is 3.71. The Morgan fingerprint density at radius 2 is 1.91 bits per heavy atom. The number of aromatic nitrogens is 1. The number of carbonyl (C=O) groups is 1. The molecule has 6 nitrogen and oxygen atoms in total. The summed E-state index contributed by atoms with van der Waals surface area (Å²) in [5.74, 6) is -1.65. The Morgan fingerprint density at radius 1 is 1.19 bits per heavy atom. The summed E-state index contributed by atoms with van der Waals surface area (Å²) in [5, 5.41) is 0. The normalized spacial score (nSPS) is 10.8. The molecule has 168 valence electrons. The second-order valence-corrected chi connectivity index (χ2v) is 7.86. The van der Waals surface area contributed by atoms with Crippen LogP contribution in [0.2, 0.25) is 0 Å². The van der Waals surface area contributed by atoms with Crippen LogP contribution in [-0.2, 0) is 13.0 Å². The molecule has 0 bridgehead atoms. The fraction of sp³-hybridized carbons (Fsp3) is 0.217. The molecule has 9 heteroatoms. The Balaban J connectivity index is 1.98. The van der Waals surface area contributed by atoms with Gasteiger partial charge in [-0.25, -0.2) is 13.5 Å². The maximum atomic E-state index is 14.0. The zero-order valence-corrected chi connectivity index (χ0v) is 18.9. The molecular formula is C23H22BrF2N3O3. The van der Waals surface area contributed by atoms with Crippen LogP contribution in [0.15, 0.2) is 57.8 Å². The van der Waals surface area contributed by atoms with E-state index in [4.69, 9.17) is 10.5 Å². The van der Waals surface area contributed by atoms with Crippen molar-refractivity contribution in [1.82, 2.24) is 4.68 Å². The number of carbonyl (C=O) groups excluding carboxylic acids is 1. The summed E-state index contributed by atoms with van der Waals surface area (Å²) < 4.78 is 34.2. The van der Waals surface area contributed by atoms with Crippen LogP contribution in [0.5, 0.6) is 5.75 Å². The van der Waals surface area contributed by atoms with E-state index in [2.05, 4.69) is 21.4 Å². The Kier molecular flexibility index (Phi) is 7.76. The van der Waals surface area contributed by atoms with Gasteiger partial charge in [0.25, 0.3) is 11.5 Å². The van der Waals surface area contributed by atoms with Crippen molar-refractivity contribution in [3.05, 3.63) is 97.4 Å². The third kappa shape index (κ3) is 5.23. The smallest absolute Gasteiger partial charge is 0.287 e. The molecule has 0 aliphatic rings. The maximum Gasteiger partial charge on any atom is 0.287 e. The van der Waals surface area contributed by atoms with E-state index in [0.717, 1.165) is 16.8 Å². The molecule has 0 aliphatic carbocycles. The second kappa shape index (κ2) is 10.5. The first-order valence-corrected chi connectivity index (χ1v) is 10.7. The lowest BCUT2D eigenvalue weighted by molar-refractivity contribution is 0.101. The summed E-state index contributed by atoms with van der Waals surface area (Å²) in [4.78, 5) is 25.6. The predicted octanol–water partition coefficient (Wildman–Crippen LogP) is 4.05. The van der Waals surface area contributed by atoms with Crippen LogP contribution in [-0.4, -0.2) is 17.1 Å². The van der Waals surface area contributed by atoms with E-state index in [1.807, 2.05) is 0 Å². The summed E-state index contributed by atoms with van der Waals surface area (Å²) in [6.45, 7) is 1.87. The summed E-state index contributed by atoms with van der Waals surface area (Å²) in [6, 6.07) is 11.7. The van der Waals surface area contributed by atoms with Gasteiger partial charge in [0.05, 0.1) is 0 Å². The first-order chi connectivity index (χ1) is 15.3. The molecule has 0 atom stereocenters. The number of nitrogens with zero attached hydrogens (tertiary/aromatic N) is 1. The number of ether oxygens (including phenoxy) is 1. The van der Waals surface area contributed by atoms with Gasteiger partial charge in [0.2, 0.25) is 0 Å². The Labute approximate surface area is 192 Å². The lowest BCUT2D eigenvalue weighted by atomic mass is 10.1. The number of hydrogen-bond acceptors (Lipinski definition) is 4. The van der Waals surface area contributed by atoms with Crippen LogP contribution in [0.4, 0.5) is 8.78 Å². The molecule has 3 rings (SSSR count). The van der Waals surface area contributed by atoms with Crippen molar-refractivity contribution in [3.8, 4) is 5.75 Å². The van der Waals surface area contributed by atoms with Gasteiger partial charge in [-0.2, -0.15) is 0 Å². The average Bonchev–Trinajstić information content (AvgIpc) is 2.79. The molecule has 0 spiro atoms. The zero-order chi connectivity index (χ0) is 23.3. The van der Waals surface area contributed by atoms with Crippen molar-refractivity contribution in [3.63, 3.8) is 0 Å². The van der Waals surface area contributed by atoms with Crippen molar-refractivity contribution < 1.29 is 18.3 Å². The summed E-state index contributed by atoms with van der Waals surface area (Å²) in [5.41, 5.74) is 9.37. The van der Waals surface area contributed by atoms with Crippen LogP contribution in [0.3, 0.4) is 0 Å². The van der Waals surface area contributed by atoms with Gasteiger partial charge in [-0.1, -0.05) is 18.2 Å². The zero-order valence-electron chi connectivity index (χ0n) is 17.3. The van der Waals surface area contributed by atoms with Crippen molar-refractivity contribution in [2.24, 2.45) is 5.73 Å². The van der Waals surface area contributed by atoms with Gasteiger partial charge in [-0.05, 0) is 66.5 Å². The van der Waals surface area contributed by atoms with E-state index in [9.17, 15) is 18.4 Å². The molecule has 3 N–H and O–H groups in total. The highest BCUT2D eigenvalue weighted by Gasteiger charge is 2.21. The van der Waals surface area contributed by atoms with Crippen LogP contribution in [0.25, 0.3) is 0 Å². The molecule has 0 radical (unpaired) electrons. The van der Waals surface area contributed by atoms with Crippen molar-refractivity contribution >= 4 is 21.8 Å². The molecule has 1 amide bonds. The second-order valence-electron chi connectivity index (χ2n) is 7.07. The van der Waals surface area contributed by atoms with E-state index < -0.39 is 23.1 Å². The number of rotatable bonds is 8. The number of pyridine rings is 1. The van der Waals surface area contributed by atoms with Gasteiger partial charge in [0.1, 0.15) is 28.5 Å². The highest BCUT2D eigenvalue weighted by molar-refractivity contribution is 9.10. The molecule has 0 unspecified atom stereocenters. The highest BCUT2D eigenvalue weighted by Crippen LogP contribution is 2.30. The minimum absolute atomic E-state index is 0.0750. The van der Waals surface area contributed by atoms with E-state index in [0.29, 0.717) is 36.2 Å². The average molecular weight is 506 g/mol. The van der Waals surface area contributed by atoms with Crippen LogP contribution >= 0.6 is 15.9 Å². The van der Waals surface area contributed by atoms with E-state index >= 15 is 0 Å². The number of hydrogen-bond donors (Lipinski definition) is 2. The van der Waals surface area contributed by atoms with E-state index in [-0.39, 0.29) is 22.4 Å². The largest absolute Gasteiger partial charge is 0.487 e. The fourth-order valence-electron chi connectivity index (χ4n) is 3.18. The first kappa shape index (κ1) is 23.6. The summed E-state index contributed by atoms with van der Waals surface area (Å²) >= 11 is 3.26. The van der Waals surface area contributed by atoms with E-state index in [1.165, 1.54) is 6.07 Å². The van der Waals surface area contributed by atoms with Crippen LogP contribution < -0.4 is 21.5 Å². The Hall–Kier alpha value is -3.04. The number of amides is 1. The lowest BCUT2D eigenvalue weighted by Gasteiger charge is -2.20. The highest BCUT2D eigenvalue weighted by atomic mass is 79.9. The van der Waals surface area contributed by atoms with Crippen molar-refractivity contribution in [2.75, 3.05) is 12.0 Å². The maximum absolute atomic E-state index is 14.0. The molecule has 2 aromatic carbocycles. The van der Waals surface area contributed by atoms with Crippen LogP contribution in [0.1, 0.15) is 33.6 Å². The van der Waals surface area contributed by atoms with E-state index in [1.54, 1.807) is 37.3 Å². The monoisotopic (exact) mass is 505 g/mol. The van der Waals surface area contributed by atoms with Gasteiger partial charge in [-0.15, -0.1) is 0 Å². The molecule has 0 fully saturated rings. The van der Waals surface area contributed by atoms with Gasteiger partial charge in [0.15, 0.2) is 0 Å². The minimum atomic E-state index is -0.746. The standard InChI is InChI=1S/C23H22BrF2N3O3/c1-14-18(8-5-11-27)21(32-13-16-9-10-17(25)12-19(16)26)20(24)23(31)29(14)28-22(30)15-6-3-2-4-7-15/h2-4,6-7,9-10,12H,5,8,11,13,27H2,1H3,(H,28,30). The quantitative estimate of drug-likeness (QED) is 0.483. The molecular weight excluding hydrogens is 484 g/mol. The Bertz CT molecular complexity index is 1180.